The van der Waals surface area contributed by atoms with E-state index >= 15 is 0 Å². The van der Waals surface area contributed by atoms with E-state index in [1.165, 1.54) is 6.21 Å². The molecule has 0 aliphatic carbocycles. The van der Waals surface area contributed by atoms with Crippen LogP contribution in [0.2, 0.25) is 0 Å². The molecule has 0 bridgehead atoms. The summed E-state index contributed by atoms with van der Waals surface area (Å²) in [5, 5.41) is 6.73. The number of benzene rings is 2. The molecule has 2 aromatic rings. The number of hydrogen-bond donors (Lipinski definition) is 2. The smallest absolute Gasteiger partial charge is 0.344 e. The quantitative estimate of drug-likeness (QED) is 0.290. The number of esters is 1. The van der Waals surface area contributed by atoms with Gasteiger partial charge in [-0.25, -0.2) is 10.2 Å². The number of carbonyl (C=O) groups excluding carboxylic acids is 3. The van der Waals surface area contributed by atoms with E-state index in [9.17, 15) is 14.4 Å². The molecule has 0 saturated carbocycles. The van der Waals surface area contributed by atoms with Gasteiger partial charge in [-0.15, -0.1) is 0 Å². The standard InChI is InChI=1S/C23H26BrN3O5/c1-4-31-23(30)14-32-20-8-7-17(12-18(20)24)13-25-27-22(29)10-9-21(28)26-19-11-15(2)5-6-16(19)3/h5-8,11-13H,4,9-10,14H2,1-3H3,(H,26,28)(H,27,29). The molecule has 0 atom stereocenters. The van der Waals surface area contributed by atoms with Gasteiger partial charge in [0.25, 0.3) is 0 Å². The van der Waals surface area contributed by atoms with Crippen LogP contribution < -0.4 is 15.5 Å². The molecule has 0 spiro atoms. The Balaban J connectivity index is 1.78. The van der Waals surface area contributed by atoms with Gasteiger partial charge in [-0.1, -0.05) is 12.1 Å². The maximum Gasteiger partial charge on any atom is 0.344 e. The Kier molecular flexibility index (Phi) is 9.87. The van der Waals surface area contributed by atoms with Crippen molar-refractivity contribution < 1.29 is 23.9 Å². The van der Waals surface area contributed by atoms with Crippen LogP contribution in [0.3, 0.4) is 0 Å². The lowest BCUT2D eigenvalue weighted by Crippen LogP contribution is -2.21. The van der Waals surface area contributed by atoms with E-state index in [4.69, 9.17) is 9.47 Å². The molecule has 9 heteroatoms. The molecule has 2 aromatic carbocycles. The minimum Gasteiger partial charge on any atom is -0.481 e. The fraction of sp³-hybridized carbons (Fsp3) is 0.304. The Hall–Kier alpha value is -3.20. The first-order valence-electron chi connectivity index (χ1n) is 10.1. The van der Waals surface area contributed by atoms with Crippen LogP contribution in [0.15, 0.2) is 46.0 Å². The van der Waals surface area contributed by atoms with Gasteiger partial charge >= 0.3 is 5.97 Å². The fourth-order valence-corrected chi connectivity index (χ4v) is 3.11. The van der Waals surface area contributed by atoms with E-state index in [2.05, 4.69) is 31.8 Å². The zero-order chi connectivity index (χ0) is 23.5. The van der Waals surface area contributed by atoms with Crippen LogP contribution in [0.4, 0.5) is 5.69 Å². The van der Waals surface area contributed by atoms with Gasteiger partial charge in [0.15, 0.2) is 6.61 Å². The average molecular weight is 504 g/mol. The number of amides is 2. The Bertz CT molecular complexity index is 1010. The van der Waals surface area contributed by atoms with Crippen molar-refractivity contribution in [2.24, 2.45) is 5.10 Å². The average Bonchev–Trinajstić information content (AvgIpc) is 2.74. The number of nitrogens with zero attached hydrogens (tertiary/aromatic N) is 1. The highest BCUT2D eigenvalue weighted by atomic mass is 79.9. The van der Waals surface area contributed by atoms with Gasteiger partial charge in [-0.3, -0.25) is 9.59 Å². The molecule has 0 heterocycles. The Labute approximate surface area is 195 Å². The summed E-state index contributed by atoms with van der Waals surface area (Å²) >= 11 is 3.36. The number of ether oxygens (including phenoxy) is 2. The molecule has 0 radical (unpaired) electrons. The van der Waals surface area contributed by atoms with Gasteiger partial charge in [-0.2, -0.15) is 5.10 Å². The highest BCUT2D eigenvalue weighted by molar-refractivity contribution is 9.10. The van der Waals surface area contributed by atoms with E-state index in [1.54, 1.807) is 25.1 Å². The van der Waals surface area contributed by atoms with Crippen molar-refractivity contribution in [1.29, 1.82) is 0 Å². The summed E-state index contributed by atoms with van der Waals surface area (Å²) < 4.78 is 10.8. The van der Waals surface area contributed by atoms with Crippen molar-refractivity contribution in [1.82, 2.24) is 5.43 Å². The third kappa shape index (κ3) is 8.50. The lowest BCUT2D eigenvalue weighted by Gasteiger charge is -2.09. The molecule has 2 rings (SSSR count). The van der Waals surface area contributed by atoms with Crippen molar-refractivity contribution in [3.8, 4) is 5.75 Å². The van der Waals surface area contributed by atoms with Crippen molar-refractivity contribution in [2.45, 2.75) is 33.6 Å². The highest BCUT2D eigenvalue weighted by Crippen LogP contribution is 2.25. The Morgan fingerprint density at radius 3 is 2.53 bits per heavy atom. The van der Waals surface area contributed by atoms with Gasteiger partial charge in [0.05, 0.1) is 17.3 Å². The number of carbonyl (C=O) groups is 3. The SMILES string of the molecule is CCOC(=O)COc1ccc(C=NNC(=O)CCC(=O)Nc2cc(C)ccc2C)cc1Br. The zero-order valence-corrected chi connectivity index (χ0v) is 19.8. The third-order valence-corrected chi connectivity index (χ3v) is 4.88. The molecule has 32 heavy (non-hydrogen) atoms. The molecular formula is C23H26BrN3O5. The predicted molar refractivity (Wildman–Crippen MR) is 126 cm³/mol. The first-order chi connectivity index (χ1) is 15.3. The van der Waals surface area contributed by atoms with Crippen LogP contribution in [-0.4, -0.2) is 37.2 Å². The van der Waals surface area contributed by atoms with Gasteiger partial charge in [0.1, 0.15) is 5.75 Å². The molecule has 0 aliphatic heterocycles. The molecule has 0 saturated heterocycles. The first-order valence-corrected chi connectivity index (χ1v) is 10.8. The molecule has 0 unspecified atom stereocenters. The van der Waals surface area contributed by atoms with Crippen molar-refractivity contribution >= 4 is 45.6 Å². The maximum atomic E-state index is 12.1. The fourth-order valence-electron chi connectivity index (χ4n) is 2.60. The number of hydrogen-bond acceptors (Lipinski definition) is 6. The van der Waals surface area contributed by atoms with Gasteiger partial charge < -0.3 is 14.8 Å². The summed E-state index contributed by atoms with van der Waals surface area (Å²) in [5.74, 6) is -0.574. The summed E-state index contributed by atoms with van der Waals surface area (Å²) in [6.07, 6.45) is 1.53. The monoisotopic (exact) mass is 503 g/mol. The van der Waals surface area contributed by atoms with E-state index < -0.39 is 5.97 Å². The highest BCUT2D eigenvalue weighted by Gasteiger charge is 2.09. The van der Waals surface area contributed by atoms with Crippen LogP contribution >= 0.6 is 15.9 Å². The van der Waals surface area contributed by atoms with Gasteiger partial charge in [-0.05, 0) is 77.7 Å². The molecular weight excluding hydrogens is 478 g/mol. The Morgan fingerprint density at radius 1 is 1.06 bits per heavy atom. The molecule has 0 fully saturated rings. The van der Waals surface area contributed by atoms with Crippen LogP contribution in [0.5, 0.6) is 5.75 Å². The van der Waals surface area contributed by atoms with Gasteiger partial charge in [0.2, 0.25) is 11.8 Å². The molecule has 0 aromatic heterocycles. The number of halogens is 1. The topological polar surface area (TPSA) is 106 Å². The molecule has 0 aliphatic rings. The maximum absolute atomic E-state index is 12.1. The second-order valence-electron chi connectivity index (χ2n) is 6.94. The first kappa shape index (κ1) is 25.1. The second kappa shape index (κ2) is 12.6. The number of rotatable bonds is 10. The third-order valence-electron chi connectivity index (χ3n) is 4.26. The number of anilines is 1. The molecule has 2 amide bonds. The van der Waals surface area contributed by atoms with E-state index in [0.717, 1.165) is 16.8 Å². The Morgan fingerprint density at radius 2 is 1.81 bits per heavy atom. The van der Waals surface area contributed by atoms with E-state index in [1.807, 2.05) is 32.0 Å². The zero-order valence-electron chi connectivity index (χ0n) is 18.2. The predicted octanol–water partition coefficient (Wildman–Crippen LogP) is 3.88. The minimum absolute atomic E-state index is 0.0123. The van der Waals surface area contributed by atoms with Crippen molar-refractivity contribution in [3.05, 3.63) is 57.6 Å². The van der Waals surface area contributed by atoms with Crippen LogP contribution in [0.1, 0.15) is 36.5 Å². The van der Waals surface area contributed by atoms with E-state index in [0.29, 0.717) is 22.4 Å². The molecule has 2 N–H and O–H groups in total. The lowest BCUT2D eigenvalue weighted by atomic mass is 10.1. The largest absolute Gasteiger partial charge is 0.481 e. The molecule has 170 valence electrons. The minimum atomic E-state index is -0.449. The summed E-state index contributed by atoms with van der Waals surface area (Å²) in [7, 11) is 0. The van der Waals surface area contributed by atoms with Gasteiger partial charge in [0, 0.05) is 18.5 Å². The number of hydrazone groups is 1. The van der Waals surface area contributed by atoms with Crippen LogP contribution in [0, 0.1) is 13.8 Å². The van der Waals surface area contributed by atoms with E-state index in [-0.39, 0.29) is 31.3 Å². The van der Waals surface area contributed by atoms with Crippen LogP contribution in [0.25, 0.3) is 0 Å². The molecule has 8 nitrogen and oxygen atoms in total. The van der Waals surface area contributed by atoms with Crippen LogP contribution in [-0.2, 0) is 19.1 Å². The summed E-state index contributed by atoms with van der Waals surface area (Å²) in [4.78, 5) is 35.4. The summed E-state index contributed by atoms with van der Waals surface area (Å²) in [5.41, 5.74) is 5.85. The number of nitrogens with one attached hydrogen (secondary N) is 2. The van der Waals surface area contributed by atoms with Crippen molar-refractivity contribution in [2.75, 3.05) is 18.5 Å². The van der Waals surface area contributed by atoms with Crippen molar-refractivity contribution in [3.63, 3.8) is 0 Å². The summed E-state index contributed by atoms with van der Waals surface area (Å²) in [6.45, 7) is 5.69. The summed E-state index contributed by atoms with van der Waals surface area (Å²) in [6, 6.07) is 10.9. The second-order valence-corrected chi connectivity index (χ2v) is 7.80. The number of aryl methyl sites for hydroxylation is 2. The lowest BCUT2D eigenvalue weighted by molar-refractivity contribution is -0.145. The normalized spacial score (nSPS) is 10.6.